The van der Waals surface area contributed by atoms with E-state index in [4.69, 9.17) is 15.5 Å². The van der Waals surface area contributed by atoms with Crippen LogP contribution in [0.15, 0.2) is 30.0 Å². The summed E-state index contributed by atoms with van der Waals surface area (Å²) >= 11 is 0. The Morgan fingerprint density at radius 2 is 1.97 bits per heavy atom. The Morgan fingerprint density at radius 1 is 1.25 bits per heavy atom. The molecule has 2 N–H and O–H groups in total. The number of carbonyl (C=O) groups is 1. The molecule has 7 nitrogen and oxygen atoms in total. The molecule has 36 heavy (non-hydrogen) atoms. The molecule has 0 spiro atoms. The molecule has 0 bridgehead atoms. The molecule has 2 aromatic rings. The first kappa shape index (κ1) is 26.3. The molecule has 0 aromatic carbocycles. The smallest absolute Gasteiger partial charge is 0.410 e. The number of halogens is 2. The molecule has 3 heterocycles. The molecule has 2 unspecified atom stereocenters. The minimum Gasteiger partial charge on any atom is -0.444 e. The van der Waals surface area contributed by atoms with Crippen molar-refractivity contribution >= 4 is 33.0 Å². The van der Waals surface area contributed by atoms with Crippen LogP contribution < -0.4 is 10.6 Å². The number of rotatable bonds is 4. The molecular formula is C26H34F2N5O2P. The van der Waals surface area contributed by atoms with Crippen molar-refractivity contribution < 1.29 is 18.3 Å². The zero-order valence-corrected chi connectivity index (χ0v) is 22.4. The normalized spacial score (nSPS) is 18.6. The Labute approximate surface area is 213 Å². The lowest BCUT2D eigenvalue weighted by Gasteiger charge is -2.41. The first-order chi connectivity index (χ1) is 16.8. The van der Waals surface area contributed by atoms with Crippen molar-refractivity contribution in [2.24, 2.45) is 0 Å². The first-order valence-corrected chi connectivity index (χ1v) is 12.8. The maximum Gasteiger partial charge on any atom is 0.410 e. The molecule has 194 valence electrons. The number of hydrogen-bond donors (Lipinski definition) is 1. The van der Waals surface area contributed by atoms with Gasteiger partial charge in [0.2, 0.25) is 0 Å². The van der Waals surface area contributed by atoms with E-state index < -0.39 is 11.3 Å². The monoisotopic (exact) mass is 517 g/mol. The second-order valence-corrected chi connectivity index (χ2v) is 11.2. The lowest BCUT2D eigenvalue weighted by atomic mass is 9.89. The number of pyridine rings is 2. The zero-order chi connectivity index (χ0) is 26.3. The molecule has 2 atom stereocenters. The molecule has 1 aliphatic carbocycles. The van der Waals surface area contributed by atoms with E-state index in [1.165, 1.54) is 17.7 Å². The lowest BCUT2D eigenvalue weighted by Crippen LogP contribution is -2.55. The molecular weight excluding hydrogens is 483 g/mol. The van der Waals surface area contributed by atoms with Crippen LogP contribution in [0.4, 0.5) is 25.2 Å². The van der Waals surface area contributed by atoms with Crippen LogP contribution >= 0.6 is 9.24 Å². The van der Waals surface area contributed by atoms with E-state index in [1.807, 2.05) is 38.7 Å². The summed E-state index contributed by atoms with van der Waals surface area (Å²) in [6.45, 7) is 8.67. The van der Waals surface area contributed by atoms with Crippen LogP contribution in [0.3, 0.4) is 0 Å². The summed E-state index contributed by atoms with van der Waals surface area (Å²) in [6, 6.07) is 4.41. The van der Waals surface area contributed by atoms with Gasteiger partial charge in [-0.05, 0) is 65.2 Å². The van der Waals surface area contributed by atoms with Crippen LogP contribution in [0.25, 0.3) is 17.3 Å². The molecule has 10 heteroatoms. The molecule has 1 saturated carbocycles. The number of carbonyl (C=O) groups excluding carboxylic acids is 1. The number of ether oxygens (including phenoxy) is 1. The second-order valence-electron chi connectivity index (χ2n) is 10.5. The lowest BCUT2D eigenvalue weighted by molar-refractivity contribution is 0.0158. The average Bonchev–Trinajstić information content (AvgIpc) is 2.74. The predicted molar refractivity (Wildman–Crippen MR) is 142 cm³/mol. The summed E-state index contributed by atoms with van der Waals surface area (Å²) in [5, 5.41) is 0. The van der Waals surface area contributed by atoms with Crippen molar-refractivity contribution in [3.8, 4) is 11.3 Å². The molecule has 2 fully saturated rings. The second kappa shape index (κ2) is 9.92. The van der Waals surface area contributed by atoms with E-state index in [9.17, 15) is 13.6 Å². The van der Waals surface area contributed by atoms with Crippen molar-refractivity contribution in [2.45, 2.75) is 64.3 Å². The highest BCUT2D eigenvalue weighted by Gasteiger charge is 2.33. The van der Waals surface area contributed by atoms with Gasteiger partial charge in [-0.1, -0.05) is 20.9 Å². The maximum atomic E-state index is 14.6. The van der Waals surface area contributed by atoms with Crippen molar-refractivity contribution in [1.29, 1.82) is 0 Å². The maximum absolute atomic E-state index is 14.6. The number of nitrogens with two attached hydrogens (primary N) is 1. The summed E-state index contributed by atoms with van der Waals surface area (Å²) in [5.41, 5.74) is 5.35. The number of piperazine rings is 1. The third-order valence-corrected chi connectivity index (χ3v) is 6.75. The Bertz CT molecular complexity index is 1170. The number of allylic oxidation sites excluding steroid dienone is 1. The van der Waals surface area contributed by atoms with Gasteiger partial charge in [-0.3, -0.25) is 0 Å². The van der Waals surface area contributed by atoms with E-state index in [0.29, 0.717) is 48.1 Å². The number of anilines is 2. The fourth-order valence-electron chi connectivity index (χ4n) is 4.36. The Balaban J connectivity index is 1.68. The highest BCUT2D eigenvalue weighted by molar-refractivity contribution is 7.17. The largest absolute Gasteiger partial charge is 0.444 e. The number of amides is 1. The van der Waals surface area contributed by atoms with Crippen LogP contribution in [-0.4, -0.2) is 52.2 Å². The number of nitrogens with zero attached hydrogens (tertiary/aromatic N) is 4. The summed E-state index contributed by atoms with van der Waals surface area (Å²) in [7, 11) is 1.61. The van der Waals surface area contributed by atoms with Gasteiger partial charge in [0.1, 0.15) is 17.2 Å². The topological polar surface area (TPSA) is 84.6 Å². The molecule has 4 rings (SSSR count). The van der Waals surface area contributed by atoms with Gasteiger partial charge in [-0.15, -0.1) is 0 Å². The summed E-state index contributed by atoms with van der Waals surface area (Å²) < 4.78 is 34.6. The van der Waals surface area contributed by atoms with E-state index in [0.717, 1.165) is 19.3 Å². The quantitative estimate of drug-likeness (QED) is 0.527. The van der Waals surface area contributed by atoms with E-state index in [2.05, 4.69) is 4.98 Å². The van der Waals surface area contributed by atoms with Gasteiger partial charge in [-0.2, -0.15) is 8.78 Å². The van der Waals surface area contributed by atoms with Crippen LogP contribution in [0.2, 0.25) is 0 Å². The summed E-state index contributed by atoms with van der Waals surface area (Å²) in [5.74, 6) is 0.774. The average molecular weight is 518 g/mol. The van der Waals surface area contributed by atoms with Gasteiger partial charge in [-0.25, -0.2) is 14.8 Å². The SMILES string of the molecule is CC1CN(c2cc(C(F)(F)P)cc(-c3ccnc(N)c3C=C3CCC3)n2)CCN1C(=O)OC(C)(C)C. The molecule has 2 aromatic heterocycles. The summed E-state index contributed by atoms with van der Waals surface area (Å²) in [4.78, 5) is 25.2. The van der Waals surface area contributed by atoms with Crippen molar-refractivity contribution in [2.75, 3.05) is 30.3 Å². The van der Waals surface area contributed by atoms with Gasteiger partial charge in [0, 0.05) is 48.6 Å². The van der Waals surface area contributed by atoms with Gasteiger partial charge >= 0.3 is 6.09 Å². The van der Waals surface area contributed by atoms with Crippen molar-refractivity contribution in [1.82, 2.24) is 14.9 Å². The van der Waals surface area contributed by atoms with Gasteiger partial charge in [0.05, 0.1) is 5.69 Å². The number of alkyl halides is 2. The van der Waals surface area contributed by atoms with E-state index in [-0.39, 0.29) is 17.7 Å². The van der Waals surface area contributed by atoms with E-state index >= 15 is 0 Å². The van der Waals surface area contributed by atoms with Crippen molar-refractivity contribution in [3.05, 3.63) is 41.1 Å². The fraction of sp³-hybridized carbons (Fsp3) is 0.500. The van der Waals surface area contributed by atoms with Crippen LogP contribution in [0, 0.1) is 0 Å². The van der Waals surface area contributed by atoms with Crippen LogP contribution in [-0.2, 0) is 10.4 Å². The van der Waals surface area contributed by atoms with E-state index in [1.54, 1.807) is 26.4 Å². The molecule has 1 saturated heterocycles. The van der Waals surface area contributed by atoms with Gasteiger partial charge in [0.25, 0.3) is 5.66 Å². The molecule has 0 radical (unpaired) electrons. The number of nitrogen functional groups attached to an aromatic ring is 1. The highest BCUT2D eigenvalue weighted by atomic mass is 31.0. The molecule has 1 amide bonds. The third kappa shape index (κ3) is 5.94. The van der Waals surface area contributed by atoms with Gasteiger partial charge < -0.3 is 20.3 Å². The number of hydrogen-bond acceptors (Lipinski definition) is 6. The van der Waals surface area contributed by atoms with Crippen molar-refractivity contribution in [3.63, 3.8) is 0 Å². The Hall–Kier alpha value is -2.80. The highest BCUT2D eigenvalue weighted by Crippen LogP contribution is 2.40. The standard InChI is InChI=1S/C26H34F2N5O2P/c1-16-15-32(10-11-33(16)24(34)35-25(2,3)4)22-14-18(26(27,28)36)13-21(31-22)19-8-9-30-23(29)20(19)12-17-6-5-7-17/h8-9,12-14,16H,5-7,10-11,15,36H2,1-4H3,(H2,29,30). The minimum absolute atomic E-state index is 0.160. The molecule has 1 aliphatic heterocycles. The predicted octanol–water partition coefficient (Wildman–Crippen LogP) is 5.66. The van der Waals surface area contributed by atoms with Gasteiger partial charge in [0.15, 0.2) is 0 Å². The minimum atomic E-state index is -3.14. The Kier molecular flexibility index (Phi) is 7.24. The molecule has 2 aliphatic rings. The third-order valence-electron chi connectivity index (χ3n) is 6.42. The fourth-order valence-corrected chi connectivity index (χ4v) is 4.53. The van der Waals surface area contributed by atoms with Crippen LogP contribution in [0.1, 0.15) is 58.1 Å². The van der Waals surface area contributed by atoms with Crippen LogP contribution in [0.5, 0.6) is 0 Å². The summed E-state index contributed by atoms with van der Waals surface area (Å²) in [6.07, 6.45) is 6.32. The zero-order valence-electron chi connectivity index (χ0n) is 21.2. The first-order valence-electron chi connectivity index (χ1n) is 12.2. The number of aromatic nitrogens is 2. The Morgan fingerprint density at radius 3 is 2.56 bits per heavy atom.